The maximum atomic E-state index is 14.2. The number of carbonyl (C=O) groups is 3. The van der Waals surface area contributed by atoms with E-state index in [0.29, 0.717) is 70.3 Å². The molecule has 1 fully saturated rings. The minimum atomic E-state index is -0.580. The highest BCUT2D eigenvalue weighted by molar-refractivity contribution is 7.21. The number of ether oxygens (including phenoxy) is 2. The summed E-state index contributed by atoms with van der Waals surface area (Å²) >= 11 is 1.26. The van der Waals surface area contributed by atoms with E-state index in [1.54, 1.807) is 61.7 Å². The number of urea groups is 1. The van der Waals surface area contributed by atoms with E-state index in [9.17, 15) is 23.9 Å². The van der Waals surface area contributed by atoms with Gasteiger partial charge in [0.1, 0.15) is 23.4 Å². The Morgan fingerprint density at radius 2 is 1.93 bits per heavy atom. The van der Waals surface area contributed by atoms with Gasteiger partial charge >= 0.3 is 12.0 Å². The standard InChI is InChI=1S/C31H32FN5O6S/c1-18-5-3-6-22(27(18)32)36-31(41)35-19-7-9-21(10-8-19)43-25-11-13-33-23-16-26(44-28(23)25)29(39)34-12-4-14-37-17-20(38)15-24(37)30(40)42-2/h3,5-11,13,16,20,24,38H,4,12,14-15,17H2,1-2H3,(H,34,39)(H2,35,36,41)/t20-,24+/m0/s1. The number of aliphatic hydroxyl groups is 1. The topological polar surface area (TPSA) is 142 Å². The van der Waals surface area contributed by atoms with E-state index in [1.807, 2.05) is 4.90 Å². The number of nitrogens with one attached hydrogen (secondary N) is 3. The maximum absolute atomic E-state index is 14.2. The summed E-state index contributed by atoms with van der Waals surface area (Å²) in [5, 5.41) is 18.0. The van der Waals surface area contributed by atoms with Gasteiger partial charge in [0.25, 0.3) is 5.91 Å². The van der Waals surface area contributed by atoms with Gasteiger partial charge in [0, 0.05) is 44.0 Å². The number of hydrogen-bond acceptors (Lipinski definition) is 9. The number of rotatable bonds is 10. The highest BCUT2D eigenvalue weighted by Crippen LogP contribution is 2.35. The van der Waals surface area contributed by atoms with Gasteiger partial charge in [-0.05, 0) is 55.3 Å². The number of amides is 3. The zero-order valence-corrected chi connectivity index (χ0v) is 24.9. The molecule has 3 heterocycles. The fourth-order valence-corrected chi connectivity index (χ4v) is 5.93. The van der Waals surface area contributed by atoms with Crippen molar-refractivity contribution in [1.82, 2.24) is 15.2 Å². The maximum Gasteiger partial charge on any atom is 0.323 e. The zero-order valence-electron chi connectivity index (χ0n) is 24.1. The van der Waals surface area contributed by atoms with E-state index in [-0.39, 0.29) is 17.6 Å². The predicted molar refractivity (Wildman–Crippen MR) is 165 cm³/mol. The minimum absolute atomic E-state index is 0.0877. The van der Waals surface area contributed by atoms with Crippen LogP contribution < -0.4 is 20.7 Å². The van der Waals surface area contributed by atoms with Crippen molar-refractivity contribution in [2.24, 2.45) is 0 Å². The molecule has 11 nitrogen and oxygen atoms in total. The Hall–Kier alpha value is -4.59. The second-order valence-corrected chi connectivity index (χ2v) is 11.4. The fraction of sp³-hybridized carbons (Fsp3) is 0.290. The summed E-state index contributed by atoms with van der Waals surface area (Å²) in [5.74, 6) is -0.0745. The molecule has 4 N–H and O–H groups in total. The number of anilines is 2. The van der Waals surface area contributed by atoms with E-state index in [1.165, 1.54) is 24.5 Å². The SMILES string of the molecule is COC(=O)[C@H]1C[C@H](O)CN1CCCNC(=O)c1cc2nccc(Oc3ccc(NC(=O)Nc4cccc(C)c4F)cc3)c2s1. The van der Waals surface area contributed by atoms with Gasteiger partial charge < -0.3 is 30.5 Å². The third-order valence-corrected chi connectivity index (χ3v) is 8.28. The number of halogens is 1. The highest BCUT2D eigenvalue weighted by atomic mass is 32.1. The molecule has 4 aromatic rings. The Labute approximate surface area is 257 Å². The van der Waals surface area contributed by atoms with Crippen LogP contribution in [0.4, 0.5) is 20.6 Å². The molecule has 0 unspecified atom stereocenters. The Balaban J connectivity index is 1.15. The molecule has 3 amide bonds. The average molecular weight is 622 g/mol. The molecule has 0 aliphatic carbocycles. The van der Waals surface area contributed by atoms with Crippen LogP contribution in [0, 0.1) is 12.7 Å². The van der Waals surface area contributed by atoms with Gasteiger partial charge in [-0.2, -0.15) is 0 Å². The first kappa shape index (κ1) is 30.9. The molecule has 0 bridgehead atoms. The van der Waals surface area contributed by atoms with Crippen LogP contribution in [-0.2, 0) is 9.53 Å². The van der Waals surface area contributed by atoms with Gasteiger partial charge in [-0.15, -0.1) is 11.3 Å². The molecule has 0 spiro atoms. The number of carbonyl (C=O) groups excluding carboxylic acids is 3. The van der Waals surface area contributed by atoms with Gasteiger partial charge in [0.2, 0.25) is 0 Å². The van der Waals surface area contributed by atoms with Gasteiger partial charge in [-0.1, -0.05) is 12.1 Å². The van der Waals surface area contributed by atoms with Crippen molar-refractivity contribution in [3.8, 4) is 11.5 Å². The van der Waals surface area contributed by atoms with Crippen molar-refractivity contribution in [2.45, 2.75) is 31.9 Å². The van der Waals surface area contributed by atoms with Crippen LogP contribution in [0.15, 0.2) is 60.8 Å². The van der Waals surface area contributed by atoms with Crippen molar-refractivity contribution in [2.75, 3.05) is 37.4 Å². The van der Waals surface area contributed by atoms with Crippen LogP contribution >= 0.6 is 11.3 Å². The molecule has 1 aliphatic rings. The Bertz CT molecular complexity index is 1660. The molecule has 5 rings (SSSR count). The minimum Gasteiger partial charge on any atom is -0.468 e. The van der Waals surface area contributed by atoms with Crippen molar-refractivity contribution in [3.63, 3.8) is 0 Å². The molecule has 44 heavy (non-hydrogen) atoms. The Kier molecular flexibility index (Phi) is 9.68. The number of aryl methyl sites for hydroxylation is 1. The van der Waals surface area contributed by atoms with Crippen molar-refractivity contribution in [3.05, 3.63) is 77.1 Å². The number of aliphatic hydroxyl groups excluding tert-OH is 1. The number of pyridine rings is 1. The van der Waals surface area contributed by atoms with Gasteiger partial charge in [0.05, 0.1) is 34.0 Å². The van der Waals surface area contributed by atoms with Crippen LogP contribution in [0.2, 0.25) is 0 Å². The number of esters is 1. The van der Waals surface area contributed by atoms with Crippen molar-refractivity contribution < 1.29 is 33.4 Å². The summed E-state index contributed by atoms with van der Waals surface area (Å²) in [4.78, 5) is 43.9. The van der Waals surface area contributed by atoms with Gasteiger partial charge in [-0.3, -0.25) is 19.5 Å². The van der Waals surface area contributed by atoms with Gasteiger partial charge in [0.15, 0.2) is 0 Å². The monoisotopic (exact) mass is 621 g/mol. The second kappa shape index (κ2) is 13.8. The van der Waals surface area contributed by atoms with E-state index in [4.69, 9.17) is 9.47 Å². The highest BCUT2D eigenvalue weighted by Gasteiger charge is 2.36. The molecule has 230 valence electrons. The average Bonchev–Trinajstić information content (AvgIpc) is 3.62. The quantitative estimate of drug-likeness (QED) is 0.145. The first-order chi connectivity index (χ1) is 21.2. The summed E-state index contributed by atoms with van der Waals surface area (Å²) in [5.41, 5.74) is 1.62. The van der Waals surface area contributed by atoms with Crippen LogP contribution in [-0.4, -0.2) is 71.8 Å². The van der Waals surface area contributed by atoms with Gasteiger partial charge in [-0.25, -0.2) is 9.18 Å². The van der Waals surface area contributed by atoms with Crippen LogP contribution in [0.3, 0.4) is 0 Å². The number of β-amino-alcohol motifs (C(OH)–C–C–N with tert-alkyl or cyclic N) is 1. The molecule has 1 saturated heterocycles. The summed E-state index contributed by atoms with van der Waals surface area (Å²) in [6.07, 6.45) is 1.96. The zero-order chi connectivity index (χ0) is 31.2. The number of aromatic nitrogens is 1. The van der Waals surface area contributed by atoms with E-state index < -0.39 is 24.0 Å². The molecule has 1 aliphatic heterocycles. The van der Waals surface area contributed by atoms with Crippen LogP contribution in [0.25, 0.3) is 10.2 Å². The molecular weight excluding hydrogens is 589 g/mol. The number of thiophene rings is 1. The molecule has 0 saturated carbocycles. The molecule has 0 radical (unpaired) electrons. The lowest BCUT2D eigenvalue weighted by Crippen LogP contribution is -2.38. The molecule has 13 heteroatoms. The number of hydrogen-bond donors (Lipinski definition) is 4. The fourth-order valence-electron chi connectivity index (χ4n) is 4.95. The van der Waals surface area contributed by atoms with Crippen LogP contribution in [0.5, 0.6) is 11.5 Å². The third-order valence-electron chi connectivity index (χ3n) is 7.14. The smallest absolute Gasteiger partial charge is 0.323 e. The summed E-state index contributed by atoms with van der Waals surface area (Å²) < 4.78 is 25.8. The van der Waals surface area contributed by atoms with Crippen LogP contribution in [0.1, 0.15) is 28.1 Å². The number of methoxy groups -OCH3 is 1. The number of likely N-dealkylation sites (tertiary alicyclic amines) is 1. The Morgan fingerprint density at radius 3 is 2.70 bits per heavy atom. The van der Waals surface area contributed by atoms with E-state index >= 15 is 0 Å². The lowest BCUT2D eigenvalue weighted by Gasteiger charge is -2.21. The van der Waals surface area contributed by atoms with Crippen molar-refractivity contribution in [1.29, 1.82) is 0 Å². The lowest BCUT2D eigenvalue weighted by molar-refractivity contribution is -0.145. The molecule has 2 atom stereocenters. The van der Waals surface area contributed by atoms with Crippen molar-refractivity contribution >= 4 is 50.8 Å². The first-order valence-electron chi connectivity index (χ1n) is 14.0. The molecular formula is C31H32FN5O6S. The summed E-state index contributed by atoms with van der Waals surface area (Å²) in [7, 11) is 1.33. The normalized spacial score (nSPS) is 16.5. The lowest BCUT2D eigenvalue weighted by atomic mass is 10.2. The molecule has 2 aromatic heterocycles. The molecule has 2 aromatic carbocycles. The summed E-state index contributed by atoms with van der Waals surface area (Å²) in [6.45, 7) is 2.94. The van der Waals surface area contributed by atoms with E-state index in [0.717, 1.165) is 0 Å². The number of fused-ring (bicyclic) bond motifs is 1. The summed E-state index contributed by atoms with van der Waals surface area (Å²) in [6, 6.07) is 13.8. The third kappa shape index (κ3) is 7.30. The Morgan fingerprint density at radius 1 is 1.14 bits per heavy atom. The largest absolute Gasteiger partial charge is 0.468 e. The number of benzene rings is 2. The second-order valence-electron chi connectivity index (χ2n) is 10.3. The number of nitrogens with zero attached hydrogens (tertiary/aromatic N) is 2. The first-order valence-corrected chi connectivity index (χ1v) is 14.8. The van der Waals surface area contributed by atoms with E-state index in [2.05, 4.69) is 20.9 Å². The predicted octanol–water partition coefficient (Wildman–Crippen LogP) is 4.91.